The summed E-state index contributed by atoms with van der Waals surface area (Å²) in [5.41, 5.74) is 0.476. The molecule has 0 saturated carbocycles. The molecular weight excluding hydrogens is 438 g/mol. The molecule has 3 heterocycles. The highest BCUT2D eigenvalue weighted by Crippen LogP contribution is 2.50. The number of amides is 6. The SMILES string of the molecule is CC1(C)S[C@H]2C(NC(=O)[C@H](NC(=O)N3CCNC3=O)c3ccccc3)C(=O)N2C1C(=O)O. The molecule has 4 rings (SSSR count). The van der Waals surface area contributed by atoms with Gasteiger partial charge in [-0.1, -0.05) is 30.3 Å². The highest BCUT2D eigenvalue weighted by molar-refractivity contribution is 8.01. The topological polar surface area (TPSA) is 148 Å². The zero-order chi connectivity index (χ0) is 23.2. The highest BCUT2D eigenvalue weighted by atomic mass is 32.2. The van der Waals surface area contributed by atoms with Crippen molar-refractivity contribution in [2.75, 3.05) is 13.1 Å². The van der Waals surface area contributed by atoms with E-state index < -0.39 is 58.1 Å². The van der Waals surface area contributed by atoms with E-state index in [2.05, 4.69) is 16.0 Å². The van der Waals surface area contributed by atoms with E-state index in [-0.39, 0.29) is 6.54 Å². The zero-order valence-electron chi connectivity index (χ0n) is 17.4. The van der Waals surface area contributed by atoms with Crippen LogP contribution in [0.1, 0.15) is 25.5 Å². The third kappa shape index (κ3) is 3.64. The summed E-state index contributed by atoms with van der Waals surface area (Å²) in [6.07, 6.45) is 0. The van der Waals surface area contributed by atoms with Gasteiger partial charge in [0, 0.05) is 17.8 Å². The minimum absolute atomic E-state index is 0.175. The molecule has 1 aromatic carbocycles. The van der Waals surface area contributed by atoms with Gasteiger partial charge >= 0.3 is 18.0 Å². The van der Waals surface area contributed by atoms with Crippen molar-refractivity contribution < 1.29 is 29.1 Å². The Hall–Kier alpha value is -3.28. The Kier molecular flexibility index (Phi) is 5.49. The van der Waals surface area contributed by atoms with Crippen molar-refractivity contribution in [2.45, 2.75) is 42.1 Å². The molecule has 3 aliphatic heterocycles. The van der Waals surface area contributed by atoms with E-state index >= 15 is 0 Å². The van der Waals surface area contributed by atoms with Gasteiger partial charge in [-0.05, 0) is 19.4 Å². The van der Waals surface area contributed by atoms with Crippen LogP contribution >= 0.6 is 11.8 Å². The molecule has 0 aromatic heterocycles. The number of β-lactam (4-membered cyclic amide) rings is 1. The van der Waals surface area contributed by atoms with E-state index in [1.807, 2.05) is 0 Å². The summed E-state index contributed by atoms with van der Waals surface area (Å²) in [6, 6.07) is 4.14. The lowest BCUT2D eigenvalue weighted by Gasteiger charge is -2.44. The number of urea groups is 2. The quantitative estimate of drug-likeness (QED) is 0.454. The van der Waals surface area contributed by atoms with Crippen LogP contribution in [0.25, 0.3) is 0 Å². The summed E-state index contributed by atoms with van der Waals surface area (Å²) in [5, 5.41) is 16.8. The third-order valence-electron chi connectivity index (χ3n) is 5.74. The first-order valence-electron chi connectivity index (χ1n) is 10.1. The number of fused-ring (bicyclic) bond motifs is 1. The molecule has 3 aliphatic rings. The van der Waals surface area contributed by atoms with E-state index in [0.717, 1.165) is 4.90 Å². The van der Waals surface area contributed by atoms with Crippen LogP contribution < -0.4 is 16.0 Å². The lowest BCUT2D eigenvalue weighted by atomic mass is 9.95. The number of carbonyl (C=O) groups is 5. The molecule has 0 radical (unpaired) electrons. The van der Waals surface area contributed by atoms with Gasteiger partial charge in [-0.25, -0.2) is 19.3 Å². The van der Waals surface area contributed by atoms with Crippen LogP contribution in [-0.4, -0.2) is 80.0 Å². The number of carboxylic acid groups (broad SMARTS) is 1. The molecule has 4 N–H and O–H groups in total. The maximum absolute atomic E-state index is 13.1. The number of rotatable bonds is 5. The first-order valence-corrected chi connectivity index (χ1v) is 10.9. The van der Waals surface area contributed by atoms with E-state index in [9.17, 15) is 29.1 Å². The van der Waals surface area contributed by atoms with Crippen LogP contribution in [-0.2, 0) is 14.4 Å². The zero-order valence-corrected chi connectivity index (χ0v) is 18.2. The van der Waals surface area contributed by atoms with Crippen molar-refractivity contribution >= 4 is 41.6 Å². The number of carboxylic acids is 1. The maximum atomic E-state index is 13.1. The Bertz CT molecular complexity index is 986. The molecule has 170 valence electrons. The summed E-state index contributed by atoms with van der Waals surface area (Å²) < 4.78 is -0.720. The number of nitrogens with one attached hydrogen (secondary N) is 3. The van der Waals surface area contributed by atoms with Crippen LogP contribution in [0.5, 0.6) is 0 Å². The van der Waals surface area contributed by atoms with Gasteiger partial charge in [0.15, 0.2) is 0 Å². The third-order valence-corrected chi connectivity index (χ3v) is 7.31. The van der Waals surface area contributed by atoms with E-state index in [4.69, 9.17) is 0 Å². The molecule has 32 heavy (non-hydrogen) atoms. The number of hydrogen-bond donors (Lipinski definition) is 4. The Morgan fingerprint density at radius 2 is 1.91 bits per heavy atom. The molecule has 2 unspecified atom stereocenters. The van der Waals surface area contributed by atoms with Crippen LogP contribution in [0.4, 0.5) is 9.59 Å². The molecular formula is C20H23N5O6S. The molecule has 3 fully saturated rings. The number of hydrogen-bond acceptors (Lipinski definition) is 6. The van der Waals surface area contributed by atoms with Crippen molar-refractivity contribution in [3.63, 3.8) is 0 Å². The average molecular weight is 462 g/mol. The molecule has 0 aliphatic carbocycles. The number of thioether (sulfide) groups is 1. The van der Waals surface area contributed by atoms with Crippen LogP contribution in [0.3, 0.4) is 0 Å². The van der Waals surface area contributed by atoms with Crippen molar-refractivity contribution in [1.82, 2.24) is 25.8 Å². The normalized spacial score (nSPS) is 26.6. The lowest BCUT2D eigenvalue weighted by molar-refractivity contribution is -0.161. The van der Waals surface area contributed by atoms with Crippen molar-refractivity contribution in [3.8, 4) is 0 Å². The summed E-state index contributed by atoms with van der Waals surface area (Å²) in [5.74, 6) is -2.20. The largest absolute Gasteiger partial charge is 0.480 e. The number of imide groups is 1. The summed E-state index contributed by atoms with van der Waals surface area (Å²) in [4.78, 5) is 64.2. The van der Waals surface area contributed by atoms with Gasteiger partial charge in [-0.15, -0.1) is 11.8 Å². The molecule has 0 spiro atoms. The average Bonchev–Trinajstić information content (AvgIpc) is 3.29. The van der Waals surface area contributed by atoms with Gasteiger partial charge in [0.05, 0.1) is 0 Å². The van der Waals surface area contributed by atoms with Crippen molar-refractivity contribution in [2.24, 2.45) is 0 Å². The fourth-order valence-electron chi connectivity index (χ4n) is 4.19. The molecule has 1 aromatic rings. The van der Waals surface area contributed by atoms with Crippen LogP contribution in [0, 0.1) is 0 Å². The Balaban J connectivity index is 1.51. The van der Waals surface area contributed by atoms with Gasteiger partial charge in [0.2, 0.25) is 11.8 Å². The summed E-state index contributed by atoms with van der Waals surface area (Å²) in [7, 11) is 0. The highest BCUT2D eigenvalue weighted by Gasteiger charge is 2.64. The minimum Gasteiger partial charge on any atom is -0.480 e. The van der Waals surface area contributed by atoms with Crippen molar-refractivity contribution in [1.29, 1.82) is 0 Å². The van der Waals surface area contributed by atoms with E-state index in [1.54, 1.807) is 44.2 Å². The summed E-state index contributed by atoms with van der Waals surface area (Å²) in [6.45, 7) is 3.98. The fourth-order valence-corrected chi connectivity index (χ4v) is 5.82. The van der Waals surface area contributed by atoms with Gasteiger partial charge in [0.1, 0.15) is 23.5 Å². The van der Waals surface area contributed by atoms with Gasteiger partial charge in [0.25, 0.3) is 0 Å². The first kappa shape index (κ1) is 21.9. The monoisotopic (exact) mass is 461 g/mol. The number of carbonyl (C=O) groups excluding carboxylic acids is 4. The molecule has 4 atom stereocenters. The lowest BCUT2D eigenvalue weighted by Crippen LogP contribution is -2.71. The van der Waals surface area contributed by atoms with Gasteiger partial charge in [-0.2, -0.15) is 0 Å². The first-order chi connectivity index (χ1) is 15.1. The van der Waals surface area contributed by atoms with Crippen LogP contribution in [0.15, 0.2) is 30.3 Å². The molecule has 11 nitrogen and oxygen atoms in total. The fraction of sp³-hybridized carbons (Fsp3) is 0.450. The number of benzene rings is 1. The van der Waals surface area contributed by atoms with Crippen LogP contribution in [0.2, 0.25) is 0 Å². The predicted octanol–water partition coefficient (Wildman–Crippen LogP) is 0.0942. The second-order valence-electron chi connectivity index (χ2n) is 8.26. The number of nitrogens with zero attached hydrogens (tertiary/aromatic N) is 2. The molecule has 6 amide bonds. The Labute approximate surface area is 187 Å². The molecule has 3 saturated heterocycles. The predicted molar refractivity (Wildman–Crippen MR) is 113 cm³/mol. The molecule has 0 bridgehead atoms. The Morgan fingerprint density at radius 3 is 2.50 bits per heavy atom. The Morgan fingerprint density at radius 1 is 1.22 bits per heavy atom. The second-order valence-corrected chi connectivity index (χ2v) is 10.0. The molecule has 12 heteroatoms. The number of aliphatic carboxylic acids is 1. The maximum Gasteiger partial charge on any atom is 0.327 e. The summed E-state index contributed by atoms with van der Waals surface area (Å²) >= 11 is 1.31. The van der Waals surface area contributed by atoms with E-state index in [1.165, 1.54) is 16.7 Å². The standard InChI is InChI=1S/C20H23N5O6S/c1-20(2)13(17(28)29)25-15(27)12(16(25)32-20)22-14(26)11(10-6-4-3-5-7-10)23-19(31)24-9-8-21-18(24)30/h3-7,11-13,16H,8-9H2,1-2H3,(H,21,30)(H,22,26)(H,23,31)(H,28,29)/t11-,12?,13?,16+/m1/s1. The van der Waals surface area contributed by atoms with Gasteiger partial charge in [-0.3, -0.25) is 9.59 Å². The van der Waals surface area contributed by atoms with Crippen molar-refractivity contribution in [3.05, 3.63) is 35.9 Å². The minimum atomic E-state index is -1.14. The van der Waals surface area contributed by atoms with Gasteiger partial charge < -0.3 is 26.0 Å². The van der Waals surface area contributed by atoms with E-state index in [0.29, 0.717) is 12.1 Å². The second kappa shape index (κ2) is 8.01. The smallest absolute Gasteiger partial charge is 0.327 e.